The van der Waals surface area contributed by atoms with E-state index in [-0.39, 0.29) is 35.5 Å². The molecule has 0 saturated carbocycles. The molecule has 0 bridgehead atoms. The summed E-state index contributed by atoms with van der Waals surface area (Å²) in [6, 6.07) is 35.5. The number of hydrogen-bond acceptors (Lipinski definition) is 4. The van der Waals surface area contributed by atoms with Crippen molar-refractivity contribution in [1.82, 2.24) is 0 Å². The lowest BCUT2D eigenvalue weighted by atomic mass is 9.83. The number of aromatic hydroxyl groups is 2. The van der Waals surface area contributed by atoms with E-state index in [1.54, 1.807) is 0 Å². The molecule has 4 nitrogen and oxygen atoms in total. The van der Waals surface area contributed by atoms with Crippen LogP contribution in [0.25, 0.3) is 22.3 Å². The molecule has 0 aliphatic heterocycles. The number of para-hydroxylation sites is 2. The van der Waals surface area contributed by atoms with E-state index in [4.69, 9.17) is 9.47 Å². The maximum atomic E-state index is 11.3. The highest BCUT2D eigenvalue weighted by molar-refractivity contribution is 5.74. The SMILES string of the molecule is CC(C)(C)c1cc(COc2ccccc2OCc2cc(C(C)(C)C)cc(-c3ccccc3)c2O)c(O)c(-c2ccccc2)c1. The van der Waals surface area contributed by atoms with E-state index >= 15 is 0 Å². The number of ether oxygens (including phenoxy) is 2. The standard InChI is InChI=1S/C40H42O4/c1-39(2,3)31-21-29(37(41)33(23-31)27-15-9-7-10-16-27)25-43-35-19-13-14-20-36(35)44-26-30-22-32(40(4,5)6)24-34(38(30)42)28-17-11-8-12-18-28/h7-24,41-42H,25-26H2,1-6H3. The van der Waals surface area contributed by atoms with Gasteiger partial charge in [0.15, 0.2) is 11.5 Å². The highest BCUT2D eigenvalue weighted by atomic mass is 16.5. The van der Waals surface area contributed by atoms with Crippen molar-refractivity contribution in [3.05, 3.63) is 131 Å². The Hall–Kier alpha value is -4.70. The fraction of sp³-hybridized carbons (Fsp3) is 0.250. The smallest absolute Gasteiger partial charge is 0.161 e. The van der Waals surface area contributed by atoms with Gasteiger partial charge in [0.25, 0.3) is 0 Å². The molecule has 5 rings (SSSR count). The molecule has 5 aromatic carbocycles. The topological polar surface area (TPSA) is 58.9 Å². The van der Waals surface area contributed by atoms with E-state index in [1.165, 1.54) is 0 Å². The molecule has 2 N–H and O–H groups in total. The molecular weight excluding hydrogens is 544 g/mol. The Morgan fingerprint density at radius 3 is 1.16 bits per heavy atom. The van der Waals surface area contributed by atoms with Crippen LogP contribution in [-0.2, 0) is 24.0 Å². The van der Waals surface area contributed by atoms with Crippen LogP contribution in [0.3, 0.4) is 0 Å². The molecule has 0 atom stereocenters. The van der Waals surface area contributed by atoms with Gasteiger partial charge in [0.2, 0.25) is 0 Å². The van der Waals surface area contributed by atoms with Gasteiger partial charge in [-0.1, -0.05) is 114 Å². The van der Waals surface area contributed by atoms with E-state index in [9.17, 15) is 10.2 Å². The zero-order valence-corrected chi connectivity index (χ0v) is 26.5. The molecule has 0 heterocycles. The molecule has 0 fully saturated rings. The third-order valence-electron chi connectivity index (χ3n) is 7.89. The van der Waals surface area contributed by atoms with Gasteiger partial charge in [-0.05, 0) is 69.5 Å². The van der Waals surface area contributed by atoms with Crippen LogP contribution in [0.5, 0.6) is 23.0 Å². The molecule has 0 saturated heterocycles. The molecule has 0 spiro atoms. The lowest BCUT2D eigenvalue weighted by Crippen LogP contribution is -2.13. The van der Waals surface area contributed by atoms with Gasteiger partial charge in [0.1, 0.15) is 24.7 Å². The van der Waals surface area contributed by atoms with Crippen molar-refractivity contribution in [3.63, 3.8) is 0 Å². The van der Waals surface area contributed by atoms with Gasteiger partial charge < -0.3 is 19.7 Å². The summed E-state index contributed by atoms with van der Waals surface area (Å²) in [6.45, 7) is 13.3. The summed E-state index contributed by atoms with van der Waals surface area (Å²) in [6.07, 6.45) is 0. The van der Waals surface area contributed by atoms with Crippen molar-refractivity contribution in [1.29, 1.82) is 0 Å². The van der Waals surface area contributed by atoms with Gasteiger partial charge in [-0.25, -0.2) is 0 Å². The van der Waals surface area contributed by atoms with Gasteiger partial charge >= 0.3 is 0 Å². The van der Waals surface area contributed by atoms with E-state index < -0.39 is 0 Å². The van der Waals surface area contributed by atoms with Gasteiger partial charge in [-0.3, -0.25) is 0 Å². The molecule has 0 unspecified atom stereocenters. The van der Waals surface area contributed by atoms with Gasteiger partial charge in [0.05, 0.1) is 0 Å². The summed E-state index contributed by atoms with van der Waals surface area (Å²) >= 11 is 0. The van der Waals surface area contributed by atoms with Crippen molar-refractivity contribution in [2.75, 3.05) is 0 Å². The van der Waals surface area contributed by atoms with Crippen LogP contribution in [0.2, 0.25) is 0 Å². The zero-order chi connectivity index (χ0) is 31.5. The predicted molar refractivity (Wildman–Crippen MR) is 180 cm³/mol. The fourth-order valence-corrected chi connectivity index (χ4v) is 5.15. The van der Waals surface area contributed by atoms with Crippen LogP contribution >= 0.6 is 0 Å². The molecule has 0 aliphatic rings. The first-order valence-corrected chi connectivity index (χ1v) is 15.1. The summed E-state index contributed by atoms with van der Waals surface area (Å²) in [5.74, 6) is 1.54. The van der Waals surface area contributed by atoms with Crippen molar-refractivity contribution in [2.24, 2.45) is 0 Å². The van der Waals surface area contributed by atoms with Gasteiger partial charge in [0, 0.05) is 22.3 Å². The lowest BCUT2D eigenvalue weighted by molar-refractivity contribution is 0.251. The molecular formula is C40H42O4. The molecule has 0 amide bonds. The third kappa shape index (κ3) is 6.92. The number of hydrogen-bond donors (Lipinski definition) is 2. The predicted octanol–water partition coefficient (Wildman–Crippen LogP) is 10.2. The molecule has 5 aromatic rings. The minimum atomic E-state index is -0.116. The first-order valence-electron chi connectivity index (χ1n) is 15.1. The number of phenols is 2. The van der Waals surface area contributed by atoms with Crippen molar-refractivity contribution >= 4 is 0 Å². The molecule has 226 valence electrons. The van der Waals surface area contributed by atoms with Crippen molar-refractivity contribution < 1.29 is 19.7 Å². The average Bonchev–Trinajstić information content (AvgIpc) is 3.00. The van der Waals surface area contributed by atoms with Crippen LogP contribution in [0.15, 0.2) is 109 Å². The molecule has 4 heteroatoms. The molecule has 0 radical (unpaired) electrons. The lowest BCUT2D eigenvalue weighted by Gasteiger charge is -2.23. The normalized spacial score (nSPS) is 11.8. The fourth-order valence-electron chi connectivity index (χ4n) is 5.15. The Labute approximate surface area is 261 Å². The van der Waals surface area contributed by atoms with Crippen molar-refractivity contribution in [3.8, 4) is 45.3 Å². The van der Waals surface area contributed by atoms with Crippen LogP contribution in [0, 0.1) is 0 Å². The maximum Gasteiger partial charge on any atom is 0.161 e. The average molecular weight is 587 g/mol. The monoisotopic (exact) mass is 586 g/mol. The third-order valence-corrected chi connectivity index (χ3v) is 7.89. The first kappa shape index (κ1) is 30.7. The minimum absolute atomic E-state index is 0.116. The van der Waals surface area contributed by atoms with Crippen LogP contribution in [-0.4, -0.2) is 10.2 Å². The van der Waals surface area contributed by atoms with E-state index in [2.05, 4.69) is 53.7 Å². The molecule has 0 aromatic heterocycles. The highest BCUT2D eigenvalue weighted by Crippen LogP contribution is 2.40. The number of phenolic OH excluding ortho intramolecular Hbond substituents is 2. The Morgan fingerprint density at radius 2 is 0.818 bits per heavy atom. The summed E-state index contributed by atoms with van der Waals surface area (Å²) in [4.78, 5) is 0. The van der Waals surface area contributed by atoms with E-state index in [0.29, 0.717) is 22.6 Å². The summed E-state index contributed by atoms with van der Waals surface area (Å²) in [7, 11) is 0. The van der Waals surface area contributed by atoms with Crippen LogP contribution < -0.4 is 9.47 Å². The first-order chi connectivity index (χ1) is 20.9. The summed E-state index contributed by atoms with van der Waals surface area (Å²) in [5.41, 5.74) is 6.87. The Balaban J connectivity index is 1.43. The second kappa shape index (κ2) is 12.5. The maximum absolute atomic E-state index is 11.3. The van der Waals surface area contributed by atoms with E-state index in [0.717, 1.165) is 33.4 Å². The van der Waals surface area contributed by atoms with Crippen molar-refractivity contribution in [2.45, 2.75) is 65.6 Å². The Morgan fingerprint density at radius 1 is 0.477 bits per heavy atom. The van der Waals surface area contributed by atoms with Gasteiger partial charge in [-0.2, -0.15) is 0 Å². The van der Waals surface area contributed by atoms with Crippen LogP contribution in [0.4, 0.5) is 0 Å². The zero-order valence-electron chi connectivity index (χ0n) is 26.5. The molecule has 0 aliphatic carbocycles. The molecule has 44 heavy (non-hydrogen) atoms. The number of benzene rings is 5. The number of rotatable bonds is 8. The van der Waals surface area contributed by atoms with Gasteiger partial charge in [-0.15, -0.1) is 0 Å². The summed E-state index contributed by atoms with van der Waals surface area (Å²) < 4.78 is 12.6. The second-order valence-corrected chi connectivity index (χ2v) is 13.3. The minimum Gasteiger partial charge on any atom is -0.507 e. The largest absolute Gasteiger partial charge is 0.507 e. The van der Waals surface area contributed by atoms with E-state index in [1.807, 2.05) is 97.1 Å². The van der Waals surface area contributed by atoms with Crippen LogP contribution in [0.1, 0.15) is 63.8 Å². The second-order valence-electron chi connectivity index (χ2n) is 13.3. The summed E-state index contributed by atoms with van der Waals surface area (Å²) in [5, 5.41) is 22.7. The Kier molecular flexibility index (Phi) is 8.73. The quantitative estimate of drug-likeness (QED) is 0.190. The Bertz CT molecular complexity index is 1600. The highest BCUT2D eigenvalue weighted by Gasteiger charge is 2.22.